The van der Waals surface area contributed by atoms with Gasteiger partial charge in [-0.05, 0) is 23.6 Å². The van der Waals surface area contributed by atoms with Gasteiger partial charge in [-0.2, -0.15) is 4.91 Å². The quantitative estimate of drug-likeness (QED) is 0.461. The van der Waals surface area contributed by atoms with Crippen LogP contribution in [0.1, 0.15) is 18.0 Å². The Kier molecular flexibility index (Phi) is 6.44. The van der Waals surface area contributed by atoms with E-state index in [2.05, 4.69) is 5.18 Å². The first-order valence-electron chi connectivity index (χ1n) is 7.43. The molecule has 0 amide bonds. The van der Waals surface area contributed by atoms with Gasteiger partial charge in [-0.3, -0.25) is 4.90 Å². The highest BCUT2D eigenvalue weighted by Crippen LogP contribution is 2.34. The van der Waals surface area contributed by atoms with Crippen molar-refractivity contribution < 1.29 is 19.7 Å². The van der Waals surface area contributed by atoms with Crippen LogP contribution in [0.5, 0.6) is 0 Å². The van der Waals surface area contributed by atoms with E-state index in [1.165, 1.54) is 7.11 Å². The SMILES string of the molecule is COC(O)C(c1ccccc1Cl)N1CCC(N=O)/C(=C\C(=O)O)C1. The van der Waals surface area contributed by atoms with E-state index in [1.54, 1.807) is 24.3 Å². The van der Waals surface area contributed by atoms with Crippen LogP contribution < -0.4 is 0 Å². The fraction of sp³-hybridized carbons (Fsp3) is 0.438. The number of benzene rings is 1. The smallest absolute Gasteiger partial charge is 0.328 e. The standard InChI is InChI=1S/C16H19ClN2O5/c1-24-16(22)15(11-4-2-3-5-12(11)17)19-7-6-13(18-23)10(9-19)8-14(20)21/h2-5,8,13,15-16,22H,6-7,9H2,1H3,(H,20,21)/b10-8-. The van der Waals surface area contributed by atoms with Crippen LogP contribution in [0.4, 0.5) is 0 Å². The Morgan fingerprint density at radius 3 is 2.79 bits per heavy atom. The Morgan fingerprint density at radius 2 is 2.21 bits per heavy atom. The van der Waals surface area contributed by atoms with Crippen molar-refractivity contribution in [3.8, 4) is 0 Å². The molecule has 0 radical (unpaired) electrons. The van der Waals surface area contributed by atoms with Crippen LogP contribution in [0, 0.1) is 4.91 Å². The Labute approximate surface area is 144 Å². The number of methoxy groups -OCH3 is 1. The number of carboxylic acid groups (broad SMARTS) is 1. The molecular weight excluding hydrogens is 336 g/mol. The average Bonchev–Trinajstić information content (AvgIpc) is 2.56. The molecule has 0 spiro atoms. The van der Waals surface area contributed by atoms with E-state index in [9.17, 15) is 14.8 Å². The van der Waals surface area contributed by atoms with E-state index in [1.807, 2.05) is 4.90 Å². The minimum atomic E-state index is -1.16. The van der Waals surface area contributed by atoms with Crippen LogP contribution in [-0.2, 0) is 9.53 Å². The Balaban J connectivity index is 2.35. The molecule has 3 unspecified atom stereocenters. The Bertz CT molecular complexity index is 637. The summed E-state index contributed by atoms with van der Waals surface area (Å²) >= 11 is 6.25. The van der Waals surface area contributed by atoms with Gasteiger partial charge in [0.05, 0.1) is 6.04 Å². The minimum absolute atomic E-state index is 0.180. The van der Waals surface area contributed by atoms with Crippen molar-refractivity contribution >= 4 is 17.6 Å². The fourth-order valence-corrected chi connectivity index (χ4v) is 3.17. The summed E-state index contributed by atoms with van der Waals surface area (Å²) in [5, 5.41) is 22.8. The van der Waals surface area contributed by atoms with E-state index in [4.69, 9.17) is 21.4 Å². The van der Waals surface area contributed by atoms with Crippen LogP contribution in [0.15, 0.2) is 41.1 Å². The molecule has 1 aromatic rings. The number of aliphatic hydroxyl groups is 1. The molecule has 2 N–H and O–H groups in total. The Morgan fingerprint density at radius 1 is 1.50 bits per heavy atom. The second kappa shape index (κ2) is 8.34. The molecule has 24 heavy (non-hydrogen) atoms. The van der Waals surface area contributed by atoms with Gasteiger partial charge >= 0.3 is 5.97 Å². The normalized spacial score (nSPS) is 23.0. The molecule has 0 aromatic heterocycles. The van der Waals surface area contributed by atoms with Crippen molar-refractivity contribution in [2.45, 2.75) is 24.8 Å². The molecular formula is C16H19ClN2O5. The van der Waals surface area contributed by atoms with Gasteiger partial charge in [0, 0.05) is 31.3 Å². The van der Waals surface area contributed by atoms with Crippen LogP contribution >= 0.6 is 11.6 Å². The molecule has 1 aromatic carbocycles. The summed E-state index contributed by atoms with van der Waals surface area (Å²) in [4.78, 5) is 23.8. The van der Waals surface area contributed by atoms with Gasteiger partial charge in [0.15, 0.2) is 6.29 Å². The molecule has 7 nitrogen and oxygen atoms in total. The first-order valence-corrected chi connectivity index (χ1v) is 7.81. The summed E-state index contributed by atoms with van der Waals surface area (Å²) in [7, 11) is 1.38. The number of aliphatic carboxylic acids is 1. The second-order valence-corrected chi connectivity index (χ2v) is 5.94. The summed E-state index contributed by atoms with van der Waals surface area (Å²) in [5.74, 6) is -1.14. The number of hydrogen-bond donors (Lipinski definition) is 2. The van der Waals surface area contributed by atoms with Crippen molar-refractivity contribution in [3.05, 3.63) is 51.4 Å². The number of ether oxygens (including phenoxy) is 1. The zero-order valence-corrected chi connectivity index (χ0v) is 13.9. The third-order valence-corrected chi connectivity index (χ3v) is 4.41. The summed E-state index contributed by atoms with van der Waals surface area (Å²) < 4.78 is 5.08. The van der Waals surface area contributed by atoms with E-state index in [0.717, 1.165) is 6.08 Å². The third-order valence-electron chi connectivity index (χ3n) is 4.07. The molecule has 1 aliphatic rings. The van der Waals surface area contributed by atoms with Gasteiger partial charge < -0.3 is 14.9 Å². The number of carbonyl (C=O) groups is 1. The van der Waals surface area contributed by atoms with Gasteiger partial charge in [0.1, 0.15) is 6.04 Å². The van der Waals surface area contributed by atoms with Crippen LogP contribution in [0.3, 0.4) is 0 Å². The van der Waals surface area contributed by atoms with Crippen LogP contribution in [0.25, 0.3) is 0 Å². The first-order chi connectivity index (χ1) is 11.5. The lowest BCUT2D eigenvalue weighted by molar-refractivity contribution is -0.131. The van der Waals surface area contributed by atoms with Gasteiger partial charge in [-0.1, -0.05) is 35.0 Å². The van der Waals surface area contributed by atoms with Gasteiger partial charge in [0.2, 0.25) is 0 Å². The lowest BCUT2D eigenvalue weighted by Crippen LogP contribution is -2.44. The lowest BCUT2D eigenvalue weighted by atomic mass is 9.95. The zero-order chi connectivity index (χ0) is 17.7. The number of rotatable bonds is 6. The van der Waals surface area contributed by atoms with Gasteiger partial charge in [-0.25, -0.2) is 4.79 Å². The van der Waals surface area contributed by atoms with Crippen LogP contribution in [0.2, 0.25) is 5.02 Å². The zero-order valence-electron chi connectivity index (χ0n) is 13.1. The number of aliphatic hydroxyl groups excluding tert-OH is 1. The number of nitroso groups, excluding NO2 is 1. The maximum Gasteiger partial charge on any atom is 0.328 e. The highest BCUT2D eigenvalue weighted by atomic mass is 35.5. The maximum absolute atomic E-state index is 11.0. The number of likely N-dealkylation sites (tertiary alicyclic amines) is 1. The second-order valence-electron chi connectivity index (χ2n) is 5.53. The molecule has 1 heterocycles. The third kappa shape index (κ3) is 4.18. The monoisotopic (exact) mass is 354 g/mol. The largest absolute Gasteiger partial charge is 0.478 e. The van der Waals surface area contributed by atoms with E-state index < -0.39 is 24.3 Å². The molecule has 2 rings (SSSR count). The number of carboxylic acids is 1. The highest BCUT2D eigenvalue weighted by Gasteiger charge is 2.35. The highest BCUT2D eigenvalue weighted by molar-refractivity contribution is 6.31. The minimum Gasteiger partial charge on any atom is -0.478 e. The van der Waals surface area contributed by atoms with Gasteiger partial charge in [0.25, 0.3) is 0 Å². The number of piperidine rings is 1. The first kappa shape index (κ1) is 18.5. The number of hydrogen-bond acceptors (Lipinski definition) is 6. The van der Waals surface area contributed by atoms with Crippen LogP contribution in [-0.4, -0.2) is 53.6 Å². The number of nitrogens with zero attached hydrogens (tertiary/aromatic N) is 2. The lowest BCUT2D eigenvalue weighted by Gasteiger charge is -2.39. The van der Waals surface area contributed by atoms with Crippen molar-refractivity contribution in [1.82, 2.24) is 4.90 Å². The molecule has 8 heteroatoms. The fourth-order valence-electron chi connectivity index (χ4n) is 2.93. The topological polar surface area (TPSA) is 99.4 Å². The predicted octanol–water partition coefficient (Wildman–Crippen LogP) is 2.20. The maximum atomic E-state index is 11.0. The van der Waals surface area contributed by atoms with Crippen molar-refractivity contribution in [2.24, 2.45) is 5.18 Å². The molecule has 0 bridgehead atoms. The van der Waals surface area contributed by atoms with E-state index in [0.29, 0.717) is 29.1 Å². The Hall–Kier alpha value is -1.80. The van der Waals surface area contributed by atoms with Crippen molar-refractivity contribution in [1.29, 1.82) is 0 Å². The molecule has 3 atom stereocenters. The summed E-state index contributed by atoms with van der Waals surface area (Å²) in [6.07, 6.45) is 0.206. The molecule has 1 aliphatic heterocycles. The molecule has 0 aliphatic carbocycles. The van der Waals surface area contributed by atoms with Crippen molar-refractivity contribution in [3.63, 3.8) is 0 Å². The molecule has 0 saturated carbocycles. The van der Waals surface area contributed by atoms with E-state index in [-0.39, 0.29) is 6.54 Å². The molecule has 1 fully saturated rings. The van der Waals surface area contributed by atoms with Crippen molar-refractivity contribution in [2.75, 3.05) is 20.2 Å². The molecule has 1 saturated heterocycles. The van der Waals surface area contributed by atoms with Gasteiger partial charge in [-0.15, -0.1) is 0 Å². The average molecular weight is 355 g/mol. The van der Waals surface area contributed by atoms with E-state index >= 15 is 0 Å². The summed E-state index contributed by atoms with van der Waals surface area (Å²) in [5.41, 5.74) is 1.06. The molecule has 130 valence electrons. The summed E-state index contributed by atoms with van der Waals surface area (Å²) in [6.45, 7) is 0.628. The number of halogens is 1. The predicted molar refractivity (Wildman–Crippen MR) is 88.7 cm³/mol. The summed E-state index contributed by atoms with van der Waals surface area (Å²) in [6, 6.07) is 5.79.